The average molecular weight is 268 g/mol. The van der Waals surface area contributed by atoms with Crippen LogP contribution in [0.25, 0.3) is 0 Å². The summed E-state index contributed by atoms with van der Waals surface area (Å²) in [5.74, 6) is 0.201. The van der Waals surface area contributed by atoms with E-state index >= 15 is 0 Å². The van der Waals surface area contributed by atoms with Crippen LogP contribution in [0.4, 0.5) is 0 Å². The Morgan fingerprint density at radius 1 is 1.26 bits per heavy atom. The van der Waals surface area contributed by atoms with E-state index in [1.807, 2.05) is 20.8 Å². The minimum atomic E-state index is -0.365. The largest absolute Gasteiger partial charge is 0.342 e. The summed E-state index contributed by atoms with van der Waals surface area (Å²) < 4.78 is 0. The molecule has 4 heteroatoms. The molecule has 1 rings (SSSR count). The molecule has 0 aromatic carbocycles. The van der Waals surface area contributed by atoms with E-state index in [0.717, 1.165) is 6.42 Å². The van der Waals surface area contributed by atoms with Crippen LogP contribution in [-0.4, -0.2) is 35.3 Å². The Kier molecular flexibility index (Phi) is 4.99. The highest BCUT2D eigenvalue weighted by atomic mass is 16.2. The Balaban J connectivity index is 2.87. The molecule has 19 heavy (non-hydrogen) atoms. The molecule has 1 aliphatic rings. The average Bonchev–Trinajstić information content (AvgIpc) is 2.27. The first-order valence-electron chi connectivity index (χ1n) is 7.28. The van der Waals surface area contributed by atoms with Crippen LogP contribution >= 0.6 is 0 Å². The number of hydrogen-bond donors (Lipinski definition) is 1. The van der Waals surface area contributed by atoms with Crippen LogP contribution in [0.3, 0.4) is 0 Å². The predicted octanol–water partition coefficient (Wildman–Crippen LogP) is 2.18. The lowest BCUT2D eigenvalue weighted by atomic mass is 9.90. The Bertz CT molecular complexity index is 345. The van der Waals surface area contributed by atoms with Crippen LogP contribution < -0.4 is 5.32 Å². The molecule has 0 radical (unpaired) electrons. The second kappa shape index (κ2) is 5.93. The smallest absolute Gasteiger partial charge is 0.246 e. The molecule has 2 unspecified atom stereocenters. The van der Waals surface area contributed by atoms with Crippen molar-refractivity contribution in [1.82, 2.24) is 10.2 Å². The molecule has 0 aromatic heterocycles. The van der Waals surface area contributed by atoms with Crippen molar-refractivity contribution >= 4 is 11.8 Å². The minimum absolute atomic E-state index is 0.00490. The zero-order valence-corrected chi connectivity index (χ0v) is 13.1. The topological polar surface area (TPSA) is 49.4 Å². The van der Waals surface area contributed by atoms with Gasteiger partial charge in [0.2, 0.25) is 11.8 Å². The Morgan fingerprint density at radius 3 is 2.26 bits per heavy atom. The van der Waals surface area contributed by atoms with E-state index in [4.69, 9.17) is 0 Å². The van der Waals surface area contributed by atoms with Gasteiger partial charge in [0.25, 0.3) is 0 Å². The third-order valence-corrected chi connectivity index (χ3v) is 3.68. The van der Waals surface area contributed by atoms with Gasteiger partial charge >= 0.3 is 0 Å². The van der Waals surface area contributed by atoms with E-state index in [9.17, 15) is 9.59 Å². The number of nitrogens with zero attached hydrogens (tertiary/aromatic N) is 1. The molecule has 0 bridgehead atoms. The molecule has 1 aliphatic heterocycles. The molecule has 0 saturated carbocycles. The first kappa shape index (κ1) is 16.0. The van der Waals surface area contributed by atoms with Gasteiger partial charge in [0.1, 0.15) is 12.1 Å². The molecule has 0 aromatic rings. The van der Waals surface area contributed by atoms with Crippen LogP contribution in [0.15, 0.2) is 0 Å². The van der Waals surface area contributed by atoms with Crippen molar-refractivity contribution in [2.24, 2.45) is 11.3 Å². The first-order valence-corrected chi connectivity index (χ1v) is 7.28. The van der Waals surface area contributed by atoms with Gasteiger partial charge in [0.05, 0.1) is 0 Å². The lowest BCUT2D eigenvalue weighted by Crippen LogP contribution is -2.64. The van der Waals surface area contributed by atoms with E-state index in [0.29, 0.717) is 13.0 Å². The zero-order valence-electron chi connectivity index (χ0n) is 13.1. The van der Waals surface area contributed by atoms with Crippen LogP contribution in [0.2, 0.25) is 0 Å². The van der Waals surface area contributed by atoms with Gasteiger partial charge in [-0.2, -0.15) is 0 Å². The quantitative estimate of drug-likeness (QED) is 0.849. The van der Waals surface area contributed by atoms with Crippen molar-refractivity contribution in [1.29, 1.82) is 0 Å². The van der Waals surface area contributed by atoms with Gasteiger partial charge < -0.3 is 10.2 Å². The standard InChI is InChI=1S/C15H28N2O2/c1-7-11-13(18)16-12(10(2)3)14(19)17(11)9-8-15(4,5)6/h10-12H,7-9H2,1-6H3,(H,16,18). The van der Waals surface area contributed by atoms with Gasteiger partial charge in [-0.1, -0.05) is 41.5 Å². The molecule has 2 atom stereocenters. The van der Waals surface area contributed by atoms with Crippen LogP contribution in [0, 0.1) is 11.3 Å². The highest BCUT2D eigenvalue weighted by Gasteiger charge is 2.40. The van der Waals surface area contributed by atoms with Gasteiger partial charge in [0.15, 0.2) is 0 Å². The Labute approximate surface area is 116 Å². The summed E-state index contributed by atoms with van der Waals surface area (Å²) in [7, 11) is 0. The maximum absolute atomic E-state index is 12.5. The van der Waals surface area contributed by atoms with Crippen molar-refractivity contribution < 1.29 is 9.59 Å². The van der Waals surface area contributed by atoms with E-state index < -0.39 is 0 Å². The van der Waals surface area contributed by atoms with Crippen molar-refractivity contribution in [3.63, 3.8) is 0 Å². The van der Waals surface area contributed by atoms with Gasteiger partial charge in [-0.25, -0.2) is 0 Å². The zero-order chi connectivity index (χ0) is 14.8. The van der Waals surface area contributed by atoms with Gasteiger partial charge in [-0.3, -0.25) is 9.59 Å². The molecule has 2 amide bonds. The Morgan fingerprint density at radius 2 is 1.84 bits per heavy atom. The Hall–Kier alpha value is -1.06. The number of hydrogen-bond acceptors (Lipinski definition) is 2. The molecule has 1 N–H and O–H groups in total. The number of carbonyl (C=O) groups is 2. The van der Waals surface area contributed by atoms with Crippen molar-refractivity contribution in [3.05, 3.63) is 0 Å². The fourth-order valence-corrected chi connectivity index (χ4v) is 2.36. The summed E-state index contributed by atoms with van der Waals surface area (Å²) in [6.07, 6.45) is 1.58. The number of carbonyl (C=O) groups excluding carboxylic acids is 2. The van der Waals surface area contributed by atoms with Gasteiger partial charge in [-0.05, 0) is 24.2 Å². The minimum Gasteiger partial charge on any atom is -0.342 e. The molecule has 4 nitrogen and oxygen atoms in total. The molecule has 0 spiro atoms. The normalized spacial score (nSPS) is 24.9. The number of nitrogens with one attached hydrogen (secondary N) is 1. The van der Waals surface area contributed by atoms with Crippen LogP contribution in [0.1, 0.15) is 54.4 Å². The molecular weight excluding hydrogens is 240 g/mol. The second-order valence-electron chi connectivity index (χ2n) is 7.00. The van der Waals surface area contributed by atoms with Gasteiger partial charge in [0, 0.05) is 6.54 Å². The fraction of sp³-hybridized carbons (Fsp3) is 0.867. The monoisotopic (exact) mass is 268 g/mol. The van der Waals surface area contributed by atoms with E-state index in [1.165, 1.54) is 0 Å². The molecule has 1 heterocycles. The van der Waals surface area contributed by atoms with Crippen molar-refractivity contribution in [2.45, 2.75) is 66.5 Å². The molecule has 110 valence electrons. The molecule has 0 aliphatic carbocycles. The van der Waals surface area contributed by atoms with Crippen molar-refractivity contribution in [3.8, 4) is 0 Å². The molecule has 1 fully saturated rings. The maximum atomic E-state index is 12.5. The summed E-state index contributed by atoms with van der Waals surface area (Å²) in [5.41, 5.74) is 0.166. The summed E-state index contributed by atoms with van der Waals surface area (Å²) in [6.45, 7) is 13.0. The summed E-state index contributed by atoms with van der Waals surface area (Å²) in [6, 6.07) is -0.667. The number of rotatable bonds is 4. The third kappa shape index (κ3) is 3.95. The summed E-state index contributed by atoms with van der Waals surface area (Å²) in [5, 5.41) is 2.86. The highest BCUT2D eigenvalue weighted by Crippen LogP contribution is 2.23. The number of piperazine rings is 1. The summed E-state index contributed by atoms with van der Waals surface area (Å²) >= 11 is 0. The molecule has 1 saturated heterocycles. The van der Waals surface area contributed by atoms with Crippen molar-refractivity contribution in [2.75, 3.05) is 6.54 Å². The van der Waals surface area contributed by atoms with E-state index in [2.05, 4.69) is 26.1 Å². The maximum Gasteiger partial charge on any atom is 0.246 e. The number of amides is 2. The predicted molar refractivity (Wildman–Crippen MR) is 76.6 cm³/mol. The molecular formula is C15H28N2O2. The van der Waals surface area contributed by atoms with Gasteiger partial charge in [-0.15, -0.1) is 0 Å². The third-order valence-electron chi connectivity index (χ3n) is 3.68. The van der Waals surface area contributed by atoms with E-state index in [-0.39, 0.29) is 35.2 Å². The first-order chi connectivity index (χ1) is 8.67. The SMILES string of the molecule is CCC1C(=O)NC(C(C)C)C(=O)N1CCC(C)(C)C. The second-order valence-corrected chi connectivity index (χ2v) is 7.00. The lowest BCUT2D eigenvalue weighted by Gasteiger charge is -2.41. The van der Waals surface area contributed by atoms with E-state index in [1.54, 1.807) is 4.90 Å². The summed E-state index contributed by atoms with van der Waals surface area (Å²) in [4.78, 5) is 26.4. The lowest BCUT2D eigenvalue weighted by molar-refractivity contribution is -0.151. The highest BCUT2D eigenvalue weighted by molar-refractivity contribution is 5.97. The van der Waals surface area contributed by atoms with Crippen LogP contribution in [-0.2, 0) is 9.59 Å². The fourth-order valence-electron chi connectivity index (χ4n) is 2.36. The van der Waals surface area contributed by atoms with Crippen LogP contribution in [0.5, 0.6) is 0 Å².